The predicted molar refractivity (Wildman–Crippen MR) is 58.1 cm³/mol. The van der Waals surface area contributed by atoms with Crippen LogP contribution in [0.4, 0.5) is 0 Å². The Kier molecular flexibility index (Phi) is 7.14. The van der Waals surface area contributed by atoms with Crippen LogP contribution in [0, 0.1) is 0 Å². The zero-order valence-electron chi connectivity index (χ0n) is 9.56. The lowest BCUT2D eigenvalue weighted by molar-refractivity contribution is 0.0255. The molecule has 0 spiro atoms. The van der Waals surface area contributed by atoms with E-state index in [0.29, 0.717) is 0 Å². The molecule has 104 valence electrons. The molecule has 0 saturated carbocycles. The van der Waals surface area contributed by atoms with Gasteiger partial charge in [0, 0.05) is 6.42 Å². The molecular formula is C9H19O7S-. The van der Waals surface area contributed by atoms with Gasteiger partial charge in [0.1, 0.15) is 0 Å². The van der Waals surface area contributed by atoms with Gasteiger partial charge in [-0.3, -0.25) is 0 Å². The maximum Gasteiger partial charge on any atom is 0.0971 e. The summed E-state index contributed by atoms with van der Waals surface area (Å²) in [5.41, 5.74) is 0. The zero-order chi connectivity index (χ0) is 13.6. The van der Waals surface area contributed by atoms with E-state index in [1.165, 1.54) is 6.92 Å². The summed E-state index contributed by atoms with van der Waals surface area (Å²) < 4.78 is 30.9. The summed E-state index contributed by atoms with van der Waals surface area (Å²) in [6.07, 6.45) is -4.57. The van der Waals surface area contributed by atoms with Gasteiger partial charge in [-0.15, -0.1) is 0 Å². The summed E-state index contributed by atoms with van der Waals surface area (Å²) >= 11 is 0. The Morgan fingerprint density at radius 2 is 1.35 bits per heavy atom. The van der Waals surface area contributed by atoms with Crippen molar-refractivity contribution < 1.29 is 33.4 Å². The molecule has 0 amide bonds. The molecule has 4 unspecified atom stereocenters. The molecule has 7 nitrogen and oxygen atoms in total. The van der Waals surface area contributed by atoms with Crippen molar-refractivity contribution in [3.63, 3.8) is 0 Å². The zero-order valence-corrected chi connectivity index (χ0v) is 10.4. The first-order valence-electron chi connectivity index (χ1n) is 5.26. The third-order valence-corrected chi connectivity index (χ3v) is 2.89. The minimum absolute atomic E-state index is 0.0764. The molecule has 0 bridgehead atoms. The Balaban J connectivity index is 3.96. The standard InChI is InChI=1S/C9H20O7S/c1-6(10)2-7(11)3-8(12)4-9(13)5-17(14,15)16/h6-13H,2-5H2,1H3,(H,14,15,16)/p-1. The van der Waals surface area contributed by atoms with Crippen LogP contribution in [0.5, 0.6) is 0 Å². The Labute approximate surface area is 100 Å². The second kappa shape index (κ2) is 7.24. The van der Waals surface area contributed by atoms with Gasteiger partial charge in [-0.2, -0.15) is 0 Å². The lowest BCUT2D eigenvalue weighted by Crippen LogP contribution is -2.28. The molecule has 0 aliphatic carbocycles. The molecule has 0 rings (SSSR count). The first-order chi connectivity index (χ1) is 7.60. The molecule has 0 fully saturated rings. The van der Waals surface area contributed by atoms with Gasteiger partial charge in [0.2, 0.25) is 0 Å². The van der Waals surface area contributed by atoms with Crippen LogP contribution in [0.2, 0.25) is 0 Å². The smallest absolute Gasteiger partial charge is 0.0971 e. The first-order valence-corrected chi connectivity index (χ1v) is 6.83. The number of aliphatic hydroxyl groups excluding tert-OH is 4. The topological polar surface area (TPSA) is 138 Å². The Bertz CT molecular complexity index is 300. The molecule has 0 radical (unpaired) electrons. The van der Waals surface area contributed by atoms with E-state index in [9.17, 15) is 28.3 Å². The molecule has 0 aromatic rings. The van der Waals surface area contributed by atoms with Gasteiger partial charge in [-0.05, 0) is 19.8 Å². The summed E-state index contributed by atoms with van der Waals surface area (Å²) in [4.78, 5) is 0. The summed E-state index contributed by atoms with van der Waals surface area (Å²) in [7, 11) is -4.53. The normalized spacial score (nSPS) is 19.6. The highest BCUT2D eigenvalue weighted by Crippen LogP contribution is 2.10. The third-order valence-electron chi connectivity index (χ3n) is 2.10. The largest absolute Gasteiger partial charge is 0.748 e. The molecule has 0 aliphatic rings. The third kappa shape index (κ3) is 10.6. The van der Waals surface area contributed by atoms with Crippen LogP contribution in [-0.4, -0.2) is 63.6 Å². The average Bonchev–Trinajstić information content (AvgIpc) is 1.95. The maximum atomic E-state index is 10.3. The van der Waals surface area contributed by atoms with E-state index in [1.54, 1.807) is 0 Å². The van der Waals surface area contributed by atoms with E-state index < -0.39 is 40.3 Å². The molecule has 0 saturated heterocycles. The number of hydrogen-bond donors (Lipinski definition) is 4. The molecule has 8 heteroatoms. The molecular weight excluding hydrogens is 252 g/mol. The van der Waals surface area contributed by atoms with Crippen molar-refractivity contribution in [1.29, 1.82) is 0 Å². The van der Waals surface area contributed by atoms with Crippen LogP contribution in [0.3, 0.4) is 0 Å². The van der Waals surface area contributed by atoms with E-state index in [0.717, 1.165) is 0 Å². The summed E-state index contributed by atoms with van der Waals surface area (Å²) in [6.45, 7) is 1.48. The minimum Gasteiger partial charge on any atom is -0.748 e. The molecule has 0 aromatic carbocycles. The van der Waals surface area contributed by atoms with Crippen LogP contribution < -0.4 is 0 Å². The minimum atomic E-state index is -4.53. The van der Waals surface area contributed by atoms with Crippen molar-refractivity contribution in [2.45, 2.75) is 50.6 Å². The van der Waals surface area contributed by atoms with Crippen LogP contribution in [0.25, 0.3) is 0 Å². The highest BCUT2D eigenvalue weighted by atomic mass is 32.2. The van der Waals surface area contributed by atoms with Crippen molar-refractivity contribution in [2.24, 2.45) is 0 Å². The highest BCUT2D eigenvalue weighted by molar-refractivity contribution is 7.85. The predicted octanol–water partition coefficient (Wildman–Crippen LogP) is -1.83. The first kappa shape index (κ1) is 16.8. The number of rotatable bonds is 8. The second-order valence-electron chi connectivity index (χ2n) is 4.24. The maximum absolute atomic E-state index is 10.3. The fraction of sp³-hybridized carbons (Fsp3) is 1.00. The molecule has 0 heterocycles. The molecule has 17 heavy (non-hydrogen) atoms. The summed E-state index contributed by atoms with van der Waals surface area (Å²) in [6, 6.07) is 0. The summed E-state index contributed by atoms with van der Waals surface area (Å²) in [5.74, 6) is -0.962. The monoisotopic (exact) mass is 271 g/mol. The molecule has 0 aliphatic heterocycles. The van der Waals surface area contributed by atoms with Gasteiger partial charge in [-0.1, -0.05) is 0 Å². The van der Waals surface area contributed by atoms with E-state index >= 15 is 0 Å². The van der Waals surface area contributed by atoms with Gasteiger partial charge in [0.15, 0.2) is 0 Å². The van der Waals surface area contributed by atoms with Crippen molar-refractivity contribution in [3.8, 4) is 0 Å². The quantitative estimate of drug-likeness (QED) is 0.381. The van der Waals surface area contributed by atoms with Crippen LogP contribution in [0.1, 0.15) is 26.2 Å². The molecule has 4 N–H and O–H groups in total. The van der Waals surface area contributed by atoms with Crippen LogP contribution >= 0.6 is 0 Å². The van der Waals surface area contributed by atoms with E-state index in [1.807, 2.05) is 0 Å². The lowest BCUT2D eigenvalue weighted by Gasteiger charge is -2.20. The van der Waals surface area contributed by atoms with Gasteiger partial charge in [-0.25, -0.2) is 8.42 Å². The second-order valence-corrected chi connectivity index (χ2v) is 5.69. The average molecular weight is 271 g/mol. The lowest BCUT2D eigenvalue weighted by atomic mass is 10.0. The van der Waals surface area contributed by atoms with E-state index in [4.69, 9.17) is 5.11 Å². The highest BCUT2D eigenvalue weighted by Gasteiger charge is 2.18. The summed E-state index contributed by atoms with van der Waals surface area (Å²) in [5, 5.41) is 36.9. The molecule has 0 aromatic heterocycles. The number of hydrogen-bond acceptors (Lipinski definition) is 7. The van der Waals surface area contributed by atoms with E-state index in [-0.39, 0.29) is 19.3 Å². The van der Waals surface area contributed by atoms with Crippen LogP contribution in [0.15, 0.2) is 0 Å². The van der Waals surface area contributed by atoms with Crippen molar-refractivity contribution >= 4 is 10.1 Å². The SMILES string of the molecule is CC(O)CC(O)CC(O)CC(O)CS(=O)(=O)[O-]. The Morgan fingerprint density at radius 1 is 0.941 bits per heavy atom. The fourth-order valence-electron chi connectivity index (χ4n) is 1.52. The fourth-order valence-corrected chi connectivity index (χ4v) is 2.13. The van der Waals surface area contributed by atoms with Crippen molar-refractivity contribution in [2.75, 3.05) is 5.75 Å². The van der Waals surface area contributed by atoms with Gasteiger partial charge in [0.05, 0.1) is 40.3 Å². The van der Waals surface area contributed by atoms with Crippen molar-refractivity contribution in [1.82, 2.24) is 0 Å². The van der Waals surface area contributed by atoms with Gasteiger partial charge < -0.3 is 25.0 Å². The molecule has 4 atom stereocenters. The Hall–Kier alpha value is -0.250. The van der Waals surface area contributed by atoms with Gasteiger partial charge in [0.25, 0.3) is 0 Å². The van der Waals surface area contributed by atoms with Crippen molar-refractivity contribution in [3.05, 3.63) is 0 Å². The number of aliphatic hydroxyl groups is 4. The van der Waals surface area contributed by atoms with Gasteiger partial charge >= 0.3 is 0 Å². The van der Waals surface area contributed by atoms with Crippen LogP contribution in [-0.2, 0) is 10.1 Å². The van der Waals surface area contributed by atoms with E-state index in [2.05, 4.69) is 0 Å². The Morgan fingerprint density at radius 3 is 1.76 bits per heavy atom.